The second-order valence-corrected chi connectivity index (χ2v) is 5.30. The summed E-state index contributed by atoms with van der Waals surface area (Å²) >= 11 is 0. The zero-order valence-corrected chi connectivity index (χ0v) is 12.2. The van der Waals surface area contributed by atoms with Crippen LogP contribution in [0.25, 0.3) is 0 Å². The molecule has 4 nitrogen and oxygen atoms in total. The lowest BCUT2D eigenvalue weighted by Gasteiger charge is -2.12. The summed E-state index contributed by atoms with van der Waals surface area (Å²) in [7, 11) is 0. The Morgan fingerprint density at radius 2 is 2.00 bits per heavy atom. The minimum absolute atomic E-state index is 0.0215. The van der Waals surface area contributed by atoms with Gasteiger partial charge in [-0.25, -0.2) is 0 Å². The van der Waals surface area contributed by atoms with E-state index in [1.807, 2.05) is 26.0 Å². The Morgan fingerprint density at radius 3 is 2.58 bits per heavy atom. The monoisotopic (exact) mass is 264 g/mol. The summed E-state index contributed by atoms with van der Waals surface area (Å²) in [6, 6.07) is 6.00. The summed E-state index contributed by atoms with van der Waals surface area (Å²) in [5.74, 6) is 1.03. The summed E-state index contributed by atoms with van der Waals surface area (Å²) in [5.41, 5.74) is 7.92. The van der Waals surface area contributed by atoms with Gasteiger partial charge in [-0.15, -0.1) is 0 Å². The zero-order chi connectivity index (χ0) is 14.4. The third kappa shape index (κ3) is 5.75. The lowest BCUT2D eigenvalue weighted by Crippen LogP contribution is -2.37. The predicted molar refractivity (Wildman–Crippen MR) is 77.4 cm³/mol. The average Bonchev–Trinajstić information content (AvgIpc) is 2.33. The minimum atomic E-state index is -0.148. The maximum absolute atomic E-state index is 11.5. The maximum Gasteiger partial charge on any atom is 0.257 e. The smallest absolute Gasteiger partial charge is 0.257 e. The summed E-state index contributed by atoms with van der Waals surface area (Å²) in [6.07, 6.45) is 0. The van der Waals surface area contributed by atoms with Crippen LogP contribution in [-0.2, 0) is 4.79 Å². The number of hydrogen-bond donors (Lipinski definition) is 2. The number of benzene rings is 1. The van der Waals surface area contributed by atoms with Crippen LogP contribution in [0, 0.1) is 6.92 Å². The van der Waals surface area contributed by atoms with E-state index in [2.05, 4.69) is 25.2 Å². The van der Waals surface area contributed by atoms with Crippen LogP contribution >= 0.6 is 0 Å². The van der Waals surface area contributed by atoms with E-state index in [4.69, 9.17) is 10.5 Å². The largest absolute Gasteiger partial charge is 0.484 e. The Labute approximate surface area is 115 Å². The quantitative estimate of drug-likeness (QED) is 0.825. The Hall–Kier alpha value is -1.55. The molecular formula is C15H24N2O2. The molecule has 0 heterocycles. The molecule has 0 saturated carbocycles. The molecule has 0 bridgehead atoms. The van der Waals surface area contributed by atoms with Crippen molar-refractivity contribution >= 4 is 5.91 Å². The molecule has 106 valence electrons. The summed E-state index contributed by atoms with van der Waals surface area (Å²) in [5, 5.41) is 2.72. The summed E-state index contributed by atoms with van der Waals surface area (Å²) in [4.78, 5) is 11.5. The third-order valence-corrected chi connectivity index (χ3v) is 2.73. The highest BCUT2D eigenvalue weighted by Crippen LogP contribution is 2.22. The maximum atomic E-state index is 11.5. The van der Waals surface area contributed by atoms with Crippen LogP contribution < -0.4 is 15.8 Å². The highest BCUT2D eigenvalue weighted by atomic mass is 16.5. The van der Waals surface area contributed by atoms with Crippen molar-refractivity contribution < 1.29 is 9.53 Å². The number of ether oxygens (including phenoxy) is 1. The molecule has 0 saturated heterocycles. The van der Waals surface area contributed by atoms with Crippen LogP contribution in [0.3, 0.4) is 0 Å². The van der Waals surface area contributed by atoms with Gasteiger partial charge in [0.05, 0.1) is 0 Å². The molecule has 0 spiro atoms. The molecule has 4 heteroatoms. The van der Waals surface area contributed by atoms with Gasteiger partial charge in [-0.3, -0.25) is 4.79 Å². The number of aryl methyl sites for hydroxylation is 1. The van der Waals surface area contributed by atoms with Crippen molar-refractivity contribution in [2.75, 3.05) is 13.2 Å². The Kier molecular flexibility index (Phi) is 5.83. The van der Waals surface area contributed by atoms with E-state index in [0.717, 1.165) is 11.3 Å². The van der Waals surface area contributed by atoms with E-state index in [9.17, 15) is 4.79 Å². The van der Waals surface area contributed by atoms with Crippen LogP contribution in [0.2, 0.25) is 0 Å². The van der Waals surface area contributed by atoms with E-state index < -0.39 is 0 Å². The van der Waals surface area contributed by atoms with Crippen molar-refractivity contribution in [3.05, 3.63) is 29.3 Å². The molecule has 19 heavy (non-hydrogen) atoms. The van der Waals surface area contributed by atoms with Gasteiger partial charge in [-0.1, -0.05) is 19.9 Å². The minimum Gasteiger partial charge on any atom is -0.484 e. The molecule has 3 N–H and O–H groups in total. The fraction of sp³-hybridized carbons (Fsp3) is 0.533. The molecule has 0 fully saturated rings. The molecule has 0 aliphatic rings. The fourth-order valence-corrected chi connectivity index (χ4v) is 1.67. The molecule has 0 aromatic heterocycles. The van der Waals surface area contributed by atoms with Crippen LogP contribution in [-0.4, -0.2) is 25.1 Å². The SMILES string of the molecule is Cc1cc(OCC(=O)NCC(C)N)cc(C(C)C)c1. The number of nitrogens with one attached hydrogen (secondary N) is 1. The molecule has 1 aromatic carbocycles. The summed E-state index contributed by atoms with van der Waals surface area (Å²) in [6.45, 7) is 8.62. The number of carbonyl (C=O) groups is 1. The zero-order valence-electron chi connectivity index (χ0n) is 12.2. The number of amides is 1. The van der Waals surface area contributed by atoms with Gasteiger partial charge in [0.2, 0.25) is 0 Å². The van der Waals surface area contributed by atoms with E-state index >= 15 is 0 Å². The second-order valence-electron chi connectivity index (χ2n) is 5.30. The van der Waals surface area contributed by atoms with Crippen LogP contribution in [0.15, 0.2) is 18.2 Å². The van der Waals surface area contributed by atoms with E-state index in [1.165, 1.54) is 5.56 Å². The molecular weight excluding hydrogens is 240 g/mol. The number of rotatable bonds is 6. The van der Waals surface area contributed by atoms with Crippen molar-refractivity contribution in [3.8, 4) is 5.75 Å². The van der Waals surface area contributed by atoms with Gasteiger partial charge in [-0.05, 0) is 43.0 Å². The number of hydrogen-bond acceptors (Lipinski definition) is 3. The highest BCUT2D eigenvalue weighted by Gasteiger charge is 2.06. The van der Waals surface area contributed by atoms with Crippen molar-refractivity contribution in [3.63, 3.8) is 0 Å². The van der Waals surface area contributed by atoms with Crippen molar-refractivity contribution in [1.29, 1.82) is 0 Å². The lowest BCUT2D eigenvalue weighted by molar-refractivity contribution is -0.123. The van der Waals surface area contributed by atoms with Crippen LogP contribution in [0.1, 0.15) is 37.8 Å². The van der Waals surface area contributed by atoms with E-state index in [-0.39, 0.29) is 18.6 Å². The number of nitrogens with two attached hydrogens (primary N) is 1. The molecule has 0 aliphatic carbocycles. The highest BCUT2D eigenvalue weighted by molar-refractivity contribution is 5.77. The molecule has 1 amide bonds. The van der Waals surface area contributed by atoms with Gasteiger partial charge >= 0.3 is 0 Å². The van der Waals surface area contributed by atoms with Gasteiger partial charge in [0.1, 0.15) is 5.75 Å². The molecule has 0 radical (unpaired) electrons. The Balaban J connectivity index is 2.55. The molecule has 0 aliphatic heterocycles. The van der Waals surface area contributed by atoms with Crippen LogP contribution in [0.5, 0.6) is 5.75 Å². The van der Waals surface area contributed by atoms with Gasteiger partial charge in [-0.2, -0.15) is 0 Å². The first-order valence-corrected chi connectivity index (χ1v) is 6.65. The second kappa shape index (κ2) is 7.14. The number of carbonyl (C=O) groups excluding carboxylic acids is 1. The van der Waals surface area contributed by atoms with E-state index in [1.54, 1.807) is 0 Å². The third-order valence-electron chi connectivity index (χ3n) is 2.73. The first kappa shape index (κ1) is 15.5. The van der Waals surface area contributed by atoms with Gasteiger partial charge in [0.25, 0.3) is 5.91 Å². The predicted octanol–water partition coefficient (Wildman–Crippen LogP) is 1.96. The Bertz CT molecular complexity index is 428. The van der Waals surface area contributed by atoms with Crippen LogP contribution in [0.4, 0.5) is 0 Å². The molecule has 1 atom stereocenters. The Morgan fingerprint density at radius 1 is 1.32 bits per heavy atom. The fourth-order valence-electron chi connectivity index (χ4n) is 1.67. The van der Waals surface area contributed by atoms with Gasteiger partial charge < -0.3 is 15.8 Å². The normalized spacial score (nSPS) is 12.3. The average molecular weight is 264 g/mol. The first-order valence-electron chi connectivity index (χ1n) is 6.65. The van der Waals surface area contributed by atoms with E-state index in [0.29, 0.717) is 12.5 Å². The van der Waals surface area contributed by atoms with Crippen molar-refractivity contribution in [1.82, 2.24) is 5.32 Å². The van der Waals surface area contributed by atoms with Gasteiger partial charge in [0.15, 0.2) is 6.61 Å². The molecule has 1 unspecified atom stereocenters. The van der Waals surface area contributed by atoms with Gasteiger partial charge in [0, 0.05) is 12.6 Å². The summed E-state index contributed by atoms with van der Waals surface area (Å²) < 4.78 is 5.52. The standard InChI is InChI=1S/C15H24N2O2/c1-10(2)13-5-11(3)6-14(7-13)19-9-15(18)17-8-12(4)16/h5-7,10,12H,8-9,16H2,1-4H3,(H,17,18). The lowest BCUT2D eigenvalue weighted by atomic mass is 10.0. The molecule has 1 rings (SSSR count). The van der Waals surface area contributed by atoms with Crippen molar-refractivity contribution in [2.45, 2.75) is 39.7 Å². The topological polar surface area (TPSA) is 64.3 Å². The first-order chi connectivity index (χ1) is 8.88. The molecule has 1 aromatic rings. The van der Waals surface area contributed by atoms with Crippen molar-refractivity contribution in [2.24, 2.45) is 5.73 Å².